The molecule has 1 aromatic carbocycles. The fourth-order valence-electron chi connectivity index (χ4n) is 1.70. The van der Waals surface area contributed by atoms with Crippen LogP contribution in [0.2, 0.25) is 5.02 Å². The SMILES string of the molecule is CN(Cc1cc(Br)cs1)c1cccc(Cl)c1C#N. The maximum atomic E-state index is 9.15. The third-order valence-electron chi connectivity index (χ3n) is 2.53. The molecule has 0 fully saturated rings. The summed E-state index contributed by atoms with van der Waals surface area (Å²) in [6.45, 7) is 0.755. The highest BCUT2D eigenvalue weighted by Gasteiger charge is 2.11. The second-order valence-electron chi connectivity index (χ2n) is 3.83. The topological polar surface area (TPSA) is 27.0 Å². The van der Waals surface area contributed by atoms with E-state index in [2.05, 4.69) is 28.1 Å². The molecule has 0 aliphatic carbocycles. The number of nitrogens with zero attached hydrogens (tertiary/aromatic N) is 2. The summed E-state index contributed by atoms with van der Waals surface area (Å²) in [6, 6.07) is 9.74. The van der Waals surface area contributed by atoms with Gasteiger partial charge in [0, 0.05) is 21.8 Å². The van der Waals surface area contributed by atoms with Crippen molar-refractivity contribution < 1.29 is 0 Å². The van der Waals surface area contributed by atoms with E-state index >= 15 is 0 Å². The van der Waals surface area contributed by atoms with Crippen molar-refractivity contribution in [1.29, 1.82) is 5.26 Å². The van der Waals surface area contributed by atoms with Crippen molar-refractivity contribution in [3.63, 3.8) is 0 Å². The van der Waals surface area contributed by atoms with E-state index in [4.69, 9.17) is 16.9 Å². The third-order valence-corrected chi connectivity index (χ3v) is 4.53. The second kappa shape index (κ2) is 5.75. The van der Waals surface area contributed by atoms with Gasteiger partial charge in [-0.25, -0.2) is 0 Å². The summed E-state index contributed by atoms with van der Waals surface area (Å²) in [4.78, 5) is 3.26. The van der Waals surface area contributed by atoms with Gasteiger partial charge < -0.3 is 4.90 Å². The molecule has 5 heteroatoms. The van der Waals surface area contributed by atoms with Crippen molar-refractivity contribution in [2.45, 2.75) is 6.54 Å². The molecule has 2 nitrogen and oxygen atoms in total. The molecule has 0 unspecified atom stereocenters. The molecule has 0 amide bonds. The van der Waals surface area contributed by atoms with Gasteiger partial charge in [-0.15, -0.1) is 11.3 Å². The number of hydrogen-bond donors (Lipinski definition) is 0. The Morgan fingerprint density at radius 2 is 2.28 bits per heavy atom. The summed E-state index contributed by atoms with van der Waals surface area (Å²) in [5, 5.41) is 11.7. The van der Waals surface area contributed by atoms with Crippen LogP contribution in [-0.2, 0) is 6.54 Å². The van der Waals surface area contributed by atoms with Gasteiger partial charge in [-0.05, 0) is 34.1 Å². The number of halogens is 2. The molecular formula is C13H10BrClN2S. The van der Waals surface area contributed by atoms with E-state index in [0.29, 0.717) is 10.6 Å². The first kappa shape index (κ1) is 13.4. The van der Waals surface area contributed by atoms with Crippen LogP contribution in [0.1, 0.15) is 10.4 Å². The van der Waals surface area contributed by atoms with Crippen LogP contribution in [0, 0.1) is 11.3 Å². The molecule has 2 rings (SSSR count). The summed E-state index contributed by atoms with van der Waals surface area (Å²) in [5.74, 6) is 0. The van der Waals surface area contributed by atoms with Gasteiger partial charge in [0.25, 0.3) is 0 Å². The fourth-order valence-corrected chi connectivity index (χ4v) is 3.41. The lowest BCUT2D eigenvalue weighted by molar-refractivity contribution is 0.937. The first-order valence-corrected chi connectivity index (χ1v) is 7.29. The van der Waals surface area contributed by atoms with Crippen molar-refractivity contribution in [2.75, 3.05) is 11.9 Å². The Morgan fingerprint density at radius 3 is 2.89 bits per heavy atom. The standard InChI is InChI=1S/C13H10BrClN2S/c1-17(7-10-5-9(14)8-18-10)13-4-2-3-12(15)11(13)6-16/h2-5,8H,7H2,1H3. The molecule has 0 N–H and O–H groups in total. The Morgan fingerprint density at radius 1 is 1.50 bits per heavy atom. The molecule has 0 aliphatic rings. The van der Waals surface area contributed by atoms with Gasteiger partial charge in [-0.3, -0.25) is 0 Å². The first-order valence-electron chi connectivity index (χ1n) is 5.24. The van der Waals surface area contributed by atoms with Gasteiger partial charge in [-0.1, -0.05) is 17.7 Å². The van der Waals surface area contributed by atoms with Gasteiger partial charge in [0.1, 0.15) is 6.07 Å². The molecule has 92 valence electrons. The number of benzene rings is 1. The highest BCUT2D eigenvalue weighted by molar-refractivity contribution is 9.10. The Labute approximate surface area is 124 Å². The van der Waals surface area contributed by atoms with E-state index in [-0.39, 0.29) is 0 Å². The predicted molar refractivity (Wildman–Crippen MR) is 80.3 cm³/mol. The zero-order valence-electron chi connectivity index (χ0n) is 9.65. The first-order chi connectivity index (χ1) is 8.61. The summed E-state index contributed by atoms with van der Waals surface area (Å²) in [7, 11) is 1.96. The fraction of sp³-hybridized carbons (Fsp3) is 0.154. The minimum Gasteiger partial charge on any atom is -0.368 e. The van der Waals surface area contributed by atoms with E-state index in [1.165, 1.54) is 4.88 Å². The van der Waals surface area contributed by atoms with Crippen LogP contribution in [0.25, 0.3) is 0 Å². The third kappa shape index (κ3) is 2.86. The summed E-state index contributed by atoms with van der Waals surface area (Å²) < 4.78 is 1.09. The molecule has 0 bridgehead atoms. The van der Waals surface area contributed by atoms with E-state index in [9.17, 15) is 0 Å². The van der Waals surface area contributed by atoms with Gasteiger partial charge in [0.2, 0.25) is 0 Å². The van der Waals surface area contributed by atoms with Crippen LogP contribution >= 0.6 is 38.9 Å². The number of rotatable bonds is 3. The molecular weight excluding hydrogens is 332 g/mol. The summed E-state index contributed by atoms with van der Waals surface area (Å²) >= 11 is 11.1. The molecule has 1 heterocycles. The molecule has 0 atom stereocenters. The van der Waals surface area contributed by atoms with Crippen LogP contribution in [0.15, 0.2) is 34.1 Å². The minimum atomic E-state index is 0.495. The van der Waals surface area contributed by atoms with Crippen molar-refractivity contribution in [3.05, 3.63) is 49.6 Å². The molecule has 0 spiro atoms. The lowest BCUT2D eigenvalue weighted by Gasteiger charge is -2.20. The average Bonchev–Trinajstić information content (AvgIpc) is 2.74. The monoisotopic (exact) mass is 340 g/mol. The molecule has 2 aromatic rings. The molecule has 0 radical (unpaired) electrons. The van der Waals surface area contributed by atoms with E-state index in [1.807, 2.05) is 29.5 Å². The van der Waals surface area contributed by atoms with Crippen LogP contribution in [0.4, 0.5) is 5.69 Å². The smallest absolute Gasteiger partial charge is 0.103 e. The Balaban J connectivity index is 2.27. The van der Waals surface area contributed by atoms with Crippen LogP contribution < -0.4 is 4.90 Å². The highest BCUT2D eigenvalue weighted by atomic mass is 79.9. The van der Waals surface area contributed by atoms with E-state index in [0.717, 1.165) is 16.7 Å². The Kier molecular flexibility index (Phi) is 4.28. The van der Waals surface area contributed by atoms with Gasteiger partial charge in [-0.2, -0.15) is 5.26 Å². The lowest BCUT2D eigenvalue weighted by atomic mass is 10.2. The predicted octanol–water partition coefficient (Wildman–Crippen LogP) is 4.67. The van der Waals surface area contributed by atoms with Gasteiger partial charge >= 0.3 is 0 Å². The maximum Gasteiger partial charge on any atom is 0.103 e. The molecule has 0 saturated heterocycles. The number of thiophene rings is 1. The minimum absolute atomic E-state index is 0.495. The highest BCUT2D eigenvalue weighted by Crippen LogP contribution is 2.28. The maximum absolute atomic E-state index is 9.15. The normalized spacial score (nSPS) is 10.1. The largest absolute Gasteiger partial charge is 0.368 e. The van der Waals surface area contributed by atoms with Crippen LogP contribution in [0.3, 0.4) is 0 Å². The van der Waals surface area contributed by atoms with E-state index < -0.39 is 0 Å². The average molecular weight is 342 g/mol. The van der Waals surface area contributed by atoms with Crippen molar-refractivity contribution in [2.24, 2.45) is 0 Å². The van der Waals surface area contributed by atoms with Crippen molar-refractivity contribution >= 4 is 44.6 Å². The zero-order valence-corrected chi connectivity index (χ0v) is 12.8. The number of nitriles is 1. The zero-order chi connectivity index (χ0) is 13.1. The van der Waals surface area contributed by atoms with Crippen LogP contribution in [-0.4, -0.2) is 7.05 Å². The Hall–Kier alpha value is -1.02. The van der Waals surface area contributed by atoms with Crippen molar-refractivity contribution in [1.82, 2.24) is 0 Å². The molecule has 0 saturated carbocycles. The Bertz CT molecular complexity index is 603. The van der Waals surface area contributed by atoms with Crippen LogP contribution in [0.5, 0.6) is 0 Å². The van der Waals surface area contributed by atoms with Gasteiger partial charge in [0.05, 0.1) is 22.8 Å². The lowest BCUT2D eigenvalue weighted by Crippen LogP contribution is -2.16. The molecule has 1 aromatic heterocycles. The summed E-state index contributed by atoms with van der Waals surface area (Å²) in [5.41, 5.74) is 1.38. The van der Waals surface area contributed by atoms with E-state index in [1.54, 1.807) is 17.4 Å². The molecule has 18 heavy (non-hydrogen) atoms. The number of hydrogen-bond acceptors (Lipinski definition) is 3. The summed E-state index contributed by atoms with van der Waals surface area (Å²) in [6.07, 6.45) is 0. The second-order valence-corrected chi connectivity index (χ2v) is 6.15. The van der Waals surface area contributed by atoms with Crippen molar-refractivity contribution in [3.8, 4) is 6.07 Å². The molecule has 0 aliphatic heterocycles. The quantitative estimate of drug-likeness (QED) is 0.811. The van der Waals surface area contributed by atoms with Gasteiger partial charge in [0.15, 0.2) is 0 Å². The number of anilines is 1.